The first-order valence-corrected chi connectivity index (χ1v) is 7.83. The Morgan fingerprint density at radius 3 is 2.04 bits per heavy atom. The third kappa shape index (κ3) is 6.18. The fourth-order valence-corrected chi connectivity index (χ4v) is 2.19. The van der Waals surface area contributed by atoms with Gasteiger partial charge in [0.15, 0.2) is 0 Å². The second-order valence-corrected chi connectivity index (χ2v) is 5.20. The van der Waals surface area contributed by atoms with Gasteiger partial charge in [0.1, 0.15) is 0 Å². The number of carbonyl (C=O) groups excluding carboxylic acids is 2. The van der Waals surface area contributed by atoms with E-state index >= 15 is 0 Å². The van der Waals surface area contributed by atoms with Crippen molar-refractivity contribution >= 4 is 11.8 Å². The monoisotopic (exact) mass is 376 g/mol. The van der Waals surface area contributed by atoms with Gasteiger partial charge in [-0.3, -0.25) is 5.78 Å². The number of ether oxygens (including phenoxy) is 1. The van der Waals surface area contributed by atoms with Crippen LogP contribution in [0.1, 0.15) is 34.6 Å². The topological polar surface area (TPSA) is 43.4 Å². The Kier molecular flexibility index (Phi) is 8.62. The Balaban J connectivity index is 0.000000295. The second kappa shape index (κ2) is 10.4. The zero-order valence-corrected chi connectivity index (χ0v) is 15.3. The average Bonchev–Trinajstić information content (AvgIpc) is 3.29. The number of esters is 1. The number of Topliss-reactive ketones (excluding diaryl/α,β-unsaturated/α-hetero) is 1. The van der Waals surface area contributed by atoms with Gasteiger partial charge in [0.05, 0.1) is 6.61 Å². The zero-order chi connectivity index (χ0) is 17.4. The largest absolute Gasteiger partial charge is 0.718 e. The molecule has 0 aliphatic rings. The summed E-state index contributed by atoms with van der Waals surface area (Å²) in [5.41, 5.74) is 3.66. The predicted molar refractivity (Wildman–Crippen MR) is 95.5 cm³/mol. The standard InChI is InChI=1S/C14H13O2.C7H7O.Fe/c1-2-16-14(15)13-9-7-12(8-10-13)11-5-3-4-6-11;1-6(8)7-4-2-3-5-7;/h3-10H,2H2,1H3;2-5H,1H3;/q-1;-5;. The van der Waals surface area contributed by atoms with Crippen LogP contribution in [0.25, 0.3) is 11.1 Å². The second-order valence-electron chi connectivity index (χ2n) is 5.20. The molecule has 4 heteroatoms. The van der Waals surface area contributed by atoms with Crippen molar-refractivity contribution in [3.8, 4) is 11.1 Å². The number of hydrogen-bond acceptors (Lipinski definition) is 3. The fourth-order valence-electron chi connectivity index (χ4n) is 2.19. The molecule has 0 spiro atoms. The van der Waals surface area contributed by atoms with E-state index in [0.29, 0.717) is 12.2 Å². The van der Waals surface area contributed by atoms with Gasteiger partial charge in [-0.05, 0) is 6.92 Å². The smallest absolute Gasteiger partial charge is 0.336 e. The minimum Gasteiger partial charge on any atom is -0.718 e. The van der Waals surface area contributed by atoms with E-state index in [4.69, 9.17) is 4.74 Å². The first kappa shape index (κ1) is 20.6. The molecule has 0 aliphatic carbocycles. The van der Waals surface area contributed by atoms with Gasteiger partial charge in [-0.1, -0.05) is 17.7 Å². The van der Waals surface area contributed by atoms with E-state index in [2.05, 4.69) is 0 Å². The van der Waals surface area contributed by atoms with Gasteiger partial charge < -0.3 is 39.4 Å². The molecule has 3 rings (SSSR count). The molecule has 0 radical (unpaired) electrons. The molecule has 0 saturated heterocycles. The number of hydrogen-bond donors (Lipinski definition) is 0. The van der Waals surface area contributed by atoms with Crippen molar-refractivity contribution in [3.05, 3.63) is 83.9 Å². The molecule has 0 aromatic heterocycles. The predicted octanol–water partition coefficient (Wildman–Crippen LogP) is 4.85. The maximum atomic E-state index is 11.4. The van der Waals surface area contributed by atoms with Crippen molar-refractivity contribution in [2.75, 3.05) is 6.61 Å². The van der Waals surface area contributed by atoms with Crippen molar-refractivity contribution < 1.29 is 31.4 Å². The SMILES string of the molecule is CC(=O)[c-]1[cH-][cH-][cH-][cH-]1.CCOC(=O)c1ccc(-[c-]2cccc2)cc1.[Fe]. The van der Waals surface area contributed by atoms with Gasteiger partial charge in [-0.2, -0.15) is 12.1 Å². The van der Waals surface area contributed by atoms with Crippen LogP contribution in [-0.4, -0.2) is 18.4 Å². The molecule has 0 fully saturated rings. The molecule has 0 aliphatic heterocycles. The van der Waals surface area contributed by atoms with Crippen LogP contribution in [0, 0.1) is 0 Å². The van der Waals surface area contributed by atoms with E-state index in [1.807, 2.05) is 60.7 Å². The van der Waals surface area contributed by atoms with Crippen molar-refractivity contribution in [2.45, 2.75) is 13.8 Å². The van der Waals surface area contributed by atoms with Crippen LogP contribution in [0.5, 0.6) is 0 Å². The number of rotatable bonds is 4. The molecular weight excluding hydrogens is 356 g/mol. The normalized spacial score (nSPS) is 9.36. The van der Waals surface area contributed by atoms with Crippen LogP contribution in [0.2, 0.25) is 0 Å². The number of ketones is 1. The molecule has 0 saturated carbocycles. The third-order valence-corrected chi connectivity index (χ3v) is 3.46. The maximum absolute atomic E-state index is 11.4. The summed E-state index contributed by atoms with van der Waals surface area (Å²) in [4.78, 5) is 21.9. The first-order chi connectivity index (χ1) is 11.6. The third-order valence-electron chi connectivity index (χ3n) is 3.46. The maximum Gasteiger partial charge on any atom is 0.336 e. The molecule has 136 valence electrons. The van der Waals surface area contributed by atoms with Gasteiger partial charge in [0.25, 0.3) is 0 Å². The Morgan fingerprint density at radius 2 is 1.60 bits per heavy atom. The molecule has 0 amide bonds. The minimum absolute atomic E-state index is 0. The van der Waals surface area contributed by atoms with E-state index in [0.717, 1.165) is 16.7 Å². The number of benzene rings is 1. The molecule has 25 heavy (non-hydrogen) atoms. The van der Waals surface area contributed by atoms with Crippen LogP contribution < -0.4 is 0 Å². The summed E-state index contributed by atoms with van der Waals surface area (Å²) in [6.07, 6.45) is 0. The van der Waals surface area contributed by atoms with Gasteiger partial charge >= 0.3 is 5.97 Å². The summed E-state index contributed by atoms with van der Waals surface area (Å²) in [6.45, 7) is 3.77. The molecule has 0 N–H and O–H groups in total. The molecule has 0 heterocycles. The van der Waals surface area contributed by atoms with E-state index in [9.17, 15) is 9.59 Å². The van der Waals surface area contributed by atoms with Crippen LogP contribution in [0.4, 0.5) is 0 Å². The van der Waals surface area contributed by atoms with Gasteiger partial charge in [0, 0.05) is 22.6 Å². The first-order valence-electron chi connectivity index (χ1n) is 7.83. The van der Waals surface area contributed by atoms with Crippen molar-refractivity contribution in [1.29, 1.82) is 0 Å². The molecule has 0 atom stereocenters. The molecule has 0 bridgehead atoms. The van der Waals surface area contributed by atoms with E-state index < -0.39 is 0 Å². The van der Waals surface area contributed by atoms with Crippen molar-refractivity contribution in [1.82, 2.24) is 0 Å². The summed E-state index contributed by atoms with van der Waals surface area (Å²) >= 11 is 0. The quantitative estimate of drug-likeness (QED) is 0.283. The van der Waals surface area contributed by atoms with E-state index in [1.165, 1.54) is 0 Å². The van der Waals surface area contributed by atoms with E-state index in [1.54, 1.807) is 26.0 Å². The Bertz CT molecular complexity index is 754. The van der Waals surface area contributed by atoms with Gasteiger partial charge in [0.2, 0.25) is 0 Å². The van der Waals surface area contributed by atoms with Gasteiger partial charge in [-0.15, -0.1) is 36.8 Å². The van der Waals surface area contributed by atoms with Crippen molar-refractivity contribution in [3.63, 3.8) is 0 Å². The molecular formula is C21H20FeO3-6. The molecule has 3 aromatic carbocycles. The molecule has 3 aromatic rings. The van der Waals surface area contributed by atoms with Crippen LogP contribution in [-0.2, 0) is 21.8 Å². The Labute approximate surface area is 158 Å². The minimum atomic E-state index is -0.267. The Morgan fingerprint density at radius 1 is 1.04 bits per heavy atom. The summed E-state index contributed by atoms with van der Waals surface area (Å²) in [5, 5.41) is 0. The van der Waals surface area contributed by atoms with E-state index in [-0.39, 0.29) is 28.8 Å². The molecule has 0 unspecified atom stereocenters. The zero-order valence-electron chi connectivity index (χ0n) is 14.2. The average molecular weight is 376 g/mol. The fraction of sp³-hybridized carbons (Fsp3) is 0.143. The van der Waals surface area contributed by atoms with Crippen LogP contribution in [0.3, 0.4) is 0 Å². The van der Waals surface area contributed by atoms with Crippen LogP contribution >= 0.6 is 0 Å². The summed E-state index contributed by atoms with van der Waals surface area (Å²) in [7, 11) is 0. The summed E-state index contributed by atoms with van der Waals surface area (Å²) in [5.74, 6) is -0.133. The van der Waals surface area contributed by atoms with Gasteiger partial charge in [-0.25, -0.2) is 4.79 Å². The van der Waals surface area contributed by atoms with Crippen molar-refractivity contribution in [2.24, 2.45) is 0 Å². The van der Waals surface area contributed by atoms with Crippen LogP contribution in [0.15, 0.2) is 72.8 Å². The number of carbonyl (C=O) groups is 2. The summed E-state index contributed by atoms with van der Waals surface area (Å²) in [6, 6.07) is 22.9. The molecule has 3 nitrogen and oxygen atoms in total. The summed E-state index contributed by atoms with van der Waals surface area (Å²) < 4.78 is 4.92. The Hall–Kier alpha value is -2.42.